The molecule has 1 saturated carbocycles. The van der Waals surface area contributed by atoms with Gasteiger partial charge in [0.2, 0.25) is 0 Å². The van der Waals surface area contributed by atoms with E-state index < -0.39 is 11.4 Å². The molecule has 20 heavy (non-hydrogen) atoms. The normalized spacial score (nSPS) is 33.7. The van der Waals surface area contributed by atoms with E-state index in [2.05, 4.69) is 12.2 Å². The summed E-state index contributed by atoms with van der Waals surface area (Å²) in [5.41, 5.74) is -0.779. The van der Waals surface area contributed by atoms with E-state index in [9.17, 15) is 14.7 Å². The van der Waals surface area contributed by atoms with Gasteiger partial charge in [0.05, 0.1) is 5.41 Å². The first-order valence-electron chi connectivity index (χ1n) is 7.65. The van der Waals surface area contributed by atoms with Crippen molar-refractivity contribution >= 4 is 12.0 Å². The molecule has 0 spiro atoms. The molecule has 114 valence electrons. The second kappa shape index (κ2) is 5.62. The fraction of sp³-hybridized carbons (Fsp3) is 0.867. The zero-order valence-electron chi connectivity index (χ0n) is 12.7. The highest BCUT2D eigenvalue weighted by Gasteiger charge is 2.48. The summed E-state index contributed by atoms with van der Waals surface area (Å²) >= 11 is 0. The number of hydrogen-bond donors (Lipinski definition) is 2. The number of rotatable bonds is 3. The van der Waals surface area contributed by atoms with Gasteiger partial charge in [0.15, 0.2) is 0 Å². The number of hydrogen-bond acceptors (Lipinski definition) is 2. The summed E-state index contributed by atoms with van der Waals surface area (Å²) in [4.78, 5) is 25.6. The summed E-state index contributed by atoms with van der Waals surface area (Å²) in [6.07, 6.45) is 3.91. The molecule has 2 aliphatic rings. The van der Waals surface area contributed by atoms with Crippen molar-refractivity contribution in [3.63, 3.8) is 0 Å². The number of urea groups is 1. The van der Waals surface area contributed by atoms with Gasteiger partial charge in [0, 0.05) is 19.1 Å². The molecule has 3 atom stereocenters. The number of likely N-dealkylation sites (tertiary alicyclic amines) is 1. The average molecular weight is 282 g/mol. The number of carboxylic acids is 1. The van der Waals surface area contributed by atoms with Crippen molar-refractivity contribution in [3.8, 4) is 0 Å². The molecular weight excluding hydrogens is 256 g/mol. The predicted octanol–water partition coefficient (Wildman–Crippen LogP) is 2.32. The average Bonchev–Trinajstić information content (AvgIpc) is 2.97. The van der Waals surface area contributed by atoms with E-state index in [-0.39, 0.29) is 18.0 Å². The molecule has 5 nitrogen and oxygen atoms in total. The Kier molecular flexibility index (Phi) is 4.25. The fourth-order valence-electron chi connectivity index (χ4n) is 3.51. The lowest BCUT2D eigenvalue weighted by atomic mass is 9.76. The van der Waals surface area contributed by atoms with Crippen molar-refractivity contribution in [3.05, 3.63) is 0 Å². The maximum atomic E-state index is 12.3. The van der Waals surface area contributed by atoms with E-state index >= 15 is 0 Å². The SMILES string of the molecule is CC1CCCC1NC(=O)N1CCC(C(=O)O)(C(C)C)C1. The second-order valence-corrected chi connectivity index (χ2v) is 6.75. The van der Waals surface area contributed by atoms with E-state index in [4.69, 9.17) is 0 Å². The Bertz CT molecular complexity index is 397. The van der Waals surface area contributed by atoms with Gasteiger partial charge in [-0.1, -0.05) is 27.2 Å². The first-order chi connectivity index (χ1) is 9.36. The van der Waals surface area contributed by atoms with Gasteiger partial charge >= 0.3 is 12.0 Å². The van der Waals surface area contributed by atoms with Gasteiger partial charge in [0.25, 0.3) is 0 Å². The van der Waals surface area contributed by atoms with Crippen LogP contribution in [0.25, 0.3) is 0 Å². The first kappa shape index (κ1) is 15.1. The number of nitrogens with zero attached hydrogens (tertiary/aromatic N) is 1. The van der Waals surface area contributed by atoms with E-state index in [1.807, 2.05) is 13.8 Å². The molecule has 0 aromatic carbocycles. The maximum absolute atomic E-state index is 12.3. The Hall–Kier alpha value is -1.26. The quantitative estimate of drug-likeness (QED) is 0.834. The van der Waals surface area contributed by atoms with Crippen molar-refractivity contribution in [2.75, 3.05) is 13.1 Å². The number of carboxylic acid groups (broad SMARTS) is 1. The Balaban J connectivity index is 1.98. The summed E-state index contributed by atoms with van der Waals surface area (Å²) in [7, 11) is 0. The van der Waals surface area contributed by atoms with Gasteiger partial charge in [-0.05, 0) is 31.1 Å². The summed E-state index contributed by atoms with van der Waals surface area (Å²) in [5.74, 6) is -0.226. The number of carbonyl (C=O) groups is 2. The van der Waals surface area contributed by atoms with Crippen LogP contribution in [0.3, 0.4) is 0 Å². The standard InChI is InChI=1S/C15H26N2O3/c1-10(2)15(13(18)19)7-8-17(9-15)14(20)16-12-6-4-5-11(12)3/h10-12H,4-9H2,1-3H3,(H,16,20)(H,18,19). The topological polar surface area (TPSA) is 69.6 Å². The van der Waals surface area contributed by atoms with Gasteiger partial charge in [-0.2, -0.15) is 0 Å². The number of amides is 2. The summed E-state index contributed by atoms with van der Waals surface area (Å²) in [6.45, 7) is 6.88. The minimum atomic E-state index is -0.781. The summed E-state index contributed by atoms with van der Waals surface area (Å²) in [6, 6.07) is 0.161. The molecule has 5 heteroatoms. The Labute approximate surface area is 120 Å². The zero-order chi connectivity index (χ0) is 14.9. The molecular formula is C15H26N2O3. The van der Waals surface area contributed by atoms with Crippen molar-refractivity contribution in [1.29, 1.82) is 0 Å². The van der Waals surface area contributed by atoms with Crippen LogP contribution in [-0.2, 0) is 4.79 Å². The third kappa shape index (κ3) is 2.63. The van der Waals surface area contributed by atoms with Gasteiger partial charge in [0.1, 0.15) is 0 Å². The first-order valence-corrected chi connectivity index (χ1v) is 7.65. The molecule has 0 radical (unpaired) electrons. The summed E-state index contributed by atoms with van der Waals surface area (Å²) in [5, 5.41) is 12.6. The molecule has 0 aromatic rings. The van der Waals surface area contributed by atoms with Crippen molar-refractivity contribution < 1.29 is 14.7 Å². The van der Waals surface area contributed by atoms with Crippen LogP contribution in [-0.4, -0.2) is 41.1 Å². The van der Waals surface area contributed by atoms with E-state index in [1.165, 1.54) is 0 Å². The highest BCUT2D eigenvalue weighted by molar-refractivity contribution is 5.80. The molecule has 0 bridgehead atoms. The van der Waals surface area contributed by atoms with Crippen LogP contribution in [0.1, 0.15) is 46.5 Å². The monoisotopic (exact) mass is 282 g/mol. The minimum Gasteiger partial charge on any atom is -0.481 e. The molecule has 2 N–H and O–H groups in total. The molecule has 3 unspecified atom stereocenters. The molecule has 1 heterocycles. The fourth-order valence-corrected chi connectivity index (χ4v) is 3.51. The van der Waals surface area contributed by atoms with Crippen LogP contribution in [0.2, 0.25) is 0 Å². The third-order valence-corrected chi connectivity index (χ3v) is 5.29. The second-order valence-electron chi connectivity index (χ2n) is 6.75. The number of nitrogens with one attached hydrogen (secondary N) is 1. The smallest absolute Gasteiger partial charge is 0.317 e. The molecule has 1 aliphatic carbocycles. The van der Waals surface area contributed by atoms with Crippen LogP contribution < -0.4 is 5.32 Å². The highest BCUT2D eigenvalue weighted by Crippen LogP contribution is 2.38. The lowest BCUT2D eigenvalue weighted by molar-refractivity contribution is -0.150. The Morgan fingerprint density at radius 3 is 2.50 bits per heavy atom. The van der Waals surface area contributed by atoms with Crippen molar-refractivity contribution in [2.24, 2.45) is 17.3 Å². The number of carbonyl (C=O) groups excluding carboxylic acids is 1. The van der Waals surface area contributed by atoms with E-state index in [1.54, 1.807) is 4.90 Å². The maximum Gasteiger partial charge on any atom is 0.317 e. The van der Waals surface area contributed by atoms with Crippen LogP contribution in [0.4, 0.5) is 4.79 Å². The molecule has 2 amide bonds. The van der Waals surface area contributed by atoms with Crippen LogP contribution in [0.5, 0.6) is 0 Å². The highest BCUT2D eigenvalue weighted by atomic mass is 16.4. The molecule has 2 fully saturated rings. The predicted molar refractivity (Wildman–Crippen MR) is 76.4 cm³/mol. The van der Waals surface area contributed by atoms with Crippen molar-refractivity contribution in [1.82, 2.24) is 10.2 Å². The van der Waals surface area contributed by atoms with E-state index in [0.29, 0.717) is 25.4 Å². The van der Waals surface area contributed by atoms with Gasteiger partial charge in [-0.25, -0.2) is 4.79 Å². The Morgan fingerprint density at radius 1 is 1.35 bits per heavy atom. The van der Waals surface area contributed by atoms with Gasteiger partial charge in [-0.3, -0.25) is 4.79 Å². The van der Waals surface area contributed by atoms with Crippen LogP contribution >= 0.6 is 0 Å². The lowest BCUT2D eigenvalue weighted by Crippen LogP contribution is -2.47. The molecule has 1 saturated heterocycles. The third-order valence-electron chi connectivity index (χ3n) is 5.29. The molecule has 2 rings (SSSR count). The molecule has 1 aliphatic heterocycles. The van der Waals surface area contributed by atoms with Crippen LogP contribution in [0, 0.1) is 17.3 Å². The zero-order valence-corrected chi connectivity index (χ0v) is 12.7. The largest absolute Gasteiger partial charge is 0.481 e. The molecule has 0 aromatic heterocycles. The van der Waals surface area contributed by atoms with Gasteiger partial charge in [-0.15, -0.1) is 0 Å². The van der Waals surface area contributed by atoms with Crippen molar-refractivity contribution in [2.45, 2.75) is 52.5 Å². The summed E-state index contributed by atoms with van der Waals surface area (Å²) < 4.78 is 0. The minimum absolute atomic E-state index is 0.0307. The number of aliphatic carboxylic acids is 1. The lowest BCUT2D eigenvalue weighted by Gasteiger charge is -2.29. The van der Waals surface area contributed by atoms with Crippen LogP contribution in [0.15, 0.2) is 0 Å². The Morgan fingerprint density at radius 2 is 2.05 bits per heavy atom. The van der Waals surface area contributed by atoms with Gasteiger partial charge < -0.3 is 15.3 Å². The van der Waals surface area contributed by atoms with E-state index in [0.717, 1.165) is 19.3 Å².